The van der Waals surface area contributed by atoms with Crippen LogP contribution in [0.3, 0.4) is 0 Å². The number of hydrogen-bond acceptors (Lipinski definition) is 5. The predicted molar refractivity (Wildman–Crippen MR) is 120 cm³/mol. The molecule has 0 saturated carbocycles. The standard InChI is InChI=1S/C23H23F5N6O2/c1-22(2,3)21(36)33-8-15(25)16(9-33)32-20(35)12-4-11(5-13(24)6-12)17-7-14(23(26,27)28)18-19(29)30-10-31-34(17)18/h4-7,10,15-16H,8-9H2,1-3H3,(H,32,35)(H2,29,30,31)/t15-,16+/m0/s1. The van der Waals surface area contributed by atoms with Gasteiger partial charge >= 0.3 is 6.18 Å². The molecular formula is C23H23F5N6O2. The van der Waals surface area contributed by atoms with E-state index < -0.39 is 52.4 Å². The number of carbonyl (C=O) groups is 2. The van der Waals surface area contributed by atoms with E-state index in [4.69, 9.17) is 5.73 Å². The van der Waals surface area contributed by atoms with Crippen molar-refractivity contribution in [2.24, 2.45) is 5.41 Å². The zero-order valence-electron chi connectivity index (χ0n) is 19.5. The molecule has 1 fully saturated rings. The maximum Gasteiger partial charge on any atom is 0.418 e. The van der Waals surface area contributed by atoms with Gasteiger partial charge in [-0.3, -0.25) is 9.59 Å². The van der Waals surface area contributed by atoms with Crippen molar-refractivity contribution >= 4 is 23.1 Å². The third-order valence-electron chi connectivity index (χ3n) is 5.84. The molecule has 2 amide bonds. The predicted octanol–water partition coefficient (Wildman–Crippen LogP) is 3.46. The third kappa shape index (κ3) is 4.69. The van der Waals surface area contributed by atoms with Gasteiger partial charge in [-0.15, -0.1) is 0 Å². The number of hydrogen-bond donors (Lipinski definition) is 2. The van der Waals surface area contributed by atoms with Gasteiger partial charge in [-0.2, -0.15) is 18.3 Å². The molecule has 1 aliphatic heterocycles. The second kappa shape index (κ2) is 8.71. The lowest BCUT2D eigenvalue weighted by molar-refractivity contribution is -0.138. The molecule has 1 aliphatic rings. The highest BCUT2D eigenvalue weighted by Crippen LogP contribution is 2.38. The number of nitrogens with two attached hydrogens (primary N) is 1. The van der Waals surface area contributed by atoms with Gasteiger partial charge in [0, 0.05) is 23.1 Å². The molecule has 4 rings (SSSR count). The molecule has 192 valence electrons. The van der Waals surface area contributed by atoms with Gasteiger partial charge in [-0.25, -0.2) is 18.3 Å². The van der Waals surface area contributed by atoms with Crippen molar-refractivity contribution in [3.05, 3.63) is 47.5 Å². The fraction of sp³-hybridized carbons (Fsp3) is 0.391. The van der Waals surface area contributed by atoms with Gasteiger partial charge in [0.05, 0.1) is 23.8 Å². The lowest BCUT2D eigenvalue weighted by atomic mass is 9.95. The van der Waals surface area contributed by atoms with E-state index in [1.54, 1.807) is 20.8 Å². The van der Waals surface area contributed by atoms with Crippen molar-refractivity contribution in [1.82, 2.24) is 24.8 Å². The number of alkyl halides is 4. The Balaban J connectivity index is 1.66. The van der Waals surface area contributed by atoms with Crippen LogP contribution >= 0.6 is 0 Å². The summed E-state index contributed by atoms with van der Waals surface area (Å²) in [6, 6.07) is 2.69. The summed E-state index contributed by atoms with van der Waals surface area (Å²) >= 11 is 0. The first kappa shape index (κ1) is 25.3. The van der Waals surface area contributed by atoms with Gasteiger partial charge < -0.3 is 16.0 Å². The number of nitrogen functional groups attached to an aromatic ring is 1. The van der Waals surface area contributed by atoms with Crippen molar-refractivity contribution in [2.45, 2.75) is 39.2 Å². The second-order valence-corrected chi connectivity index (χ2v) is 9.63. The SMILES string of the molecule is CC(C)(C)C(=O)N1C[C@H](F)[C@H](NC(=O)c2cc(F)cc(-c3cc(C(F)(F)F)c4c(N)ncnn34)c2)C1. The number of fused-ring (bicyclic) bond motifs is 1. The Kier molecular flexibility index (Phi) is 6.13. The Bertz CT molecular complexity index is 1350. The summed E-state index contributed by atoms with van der Waals surface area (Å²) in [6.07, 6.45) is -5.40. The van der Waals surface area contributed by atoms with Crippen LogP contribution in [0.1, 0.15) is 36.7 Å². The highest BCUT2D eigenvalue weighted by Gasteiger charge is 2.40. The van der Waals surface area contributed by atoms with Crippen LogP contribution in [0.25, 0.3) is 16.8 Å². The van der Waals surface area contributed by atoms with Gasteiger partial charge in [-0.1, -0.05) is 20.8 Å². The Morgan fingerprint density at radius 1 is 1.11 bits per heavy atom. The number of nitrogens with one attached hydrogen (secondary N) is 1. The number of benzene rings is 1. The summed E-state index contributed by atoms with van der Waals surface area (Å²) < 4.78 is 70.8. The van der Waals surface area contributed by atoms with Crippen LogP contribution in [0, 0.1) is 11.2 Å². The van der Waals surface area contributed by atoms with Crippen molar-refractivity contribution in [2.75, 3.05) is 18.8 Å². The highest BCUT2D eigenvalue weighted by molar-refractivity contribution is 5.96. The molecule has 2 atom stereocenters. The Morgan fingerprint density at radius 2 is 1.81 bits per heavy atom. The molecule has 1 aromatic carbocycles. The molecular weight excluding hydrogens is 487 g/mol. The number of aromatic nitrogens is 3. The molecule has 3 heterocycles. The molecule has 0 aliphatic carbocycles. The maximum atomic E-state index is 14.6. The number of amides is 2. The van der Waals surface area contributed by atoms with E-state index in [-0.39, 0.29) is 35.8 Å². The Labute approximate surface area is 202 Å². The van der Waals surface area contributed by atoms with Crippen LogP contribution in [-0.4, -0.2) is 56.6 Å². The molecule has 36 heavy (non-hydrogen) atoms. The van der Waals surface area contributed by atoms with Crippen molar-refractivity contribution in [3.63, 3.8) is 0 Å². The number of anilines is 1. The second-order valence-electron chi connectivity index (χ2n) is 9.63. The summed E-state index contributed by atoms with van der Waals surface area (Å²) in [4.78, 5) is 30.2. The Morgan fingerprint density at radius 3 is 2.44 bits per heavy atom. The molecule has 0 bridgehead atoms. The van der Waals surface area contributed by atoms with E-state index in [2.05, 4.69) is 15.4 Å². The van der Waals surface area contributed by atoms with Crippen LogP contribution in [-0.2, 0) is 11.0 Å². The number of likely N-dealkylation sites (tertiary alicyclic amines) is 1. The number of halogens is 5. The first-order chi connectivity index (χ1) is 16.7. The van der Waals surface area contributed by atoms with Crippen LogP contribution < -0.4 is 11.1 Å². The zero-order chi connectivity index (χ0) is 26.6. The Hall–Kier alpha value is -3.77. The number of nitrogens with zero attached hydrogens (tertiary/aromatic N) is 4. The molecule has 13 heteroatoms. The zero-order valence-corrected chi connectivity index (χ0v) is 19.5. The van der Waals surface area contributed by atoms with E-state index in [0.717, 1.165) is 29.0 Å². The minimum atomic E-state index is -4.80. The topological polar surface area (TPSA) is 106 Å². The van der Waals surface area contributed by atoms with E-state index in [0.29, 0.717) is 0 Å². The number of carbonyl (C=O) groups excluding carboxylic acids is 2. The van der Waals surface area contributed by atoms with Gasteiger partial charge in [0.2, 0.25) is 5.91 Å². The van der Waals surface area contributed by atoms with E-state index in [9.17, 15) is 31.5 Å². The third-order valence-corrected chi connectivity index (χ3v) is 5.84. The van der Waals surface area contributed by atoms with Gasteiger partial charge in [0.15, 0.2) is 5.82 Å². The quantitative estimate of drug-likeness (QED) is 0.525. The summed E-state index contributed by atoms with van der Waals surface area (Å²) in [5.74, 6) is -2.46. The summed E-state index contributed by atoms with van der Waals surface area (Å²) in [5.41, 5.74) is 2.76. The van der Waals surface area contributed by atoms with Gasteiger partial charge in [0.1, 0.15) is 23.8 Å². The normalized spacial score (nSPS) is 18.6. The molecule has 3 N–H and O–H groups in total. The van der Waals surface area contributed by atoms with Crippen molar-refractivity contribution < 1.29 is 31.5 Å². The van der Waals surface area contributed by atoms with E-state index >= 15 is 0 Å². The summed E-state index contributed by atoms with van der Waals surface area (Å²) in [5, 5.41) is 6.27. The average molecular weight is 510 g/mol. The smallest absolute Gasteiger partial charge is 0.382 e. The van der Waals surface area contributed by atoms with Crippen LogP contribution in [0.4, 0.5) is 27.8 Å². The minimum absolute atomic E-state index is 0.0698. The van der Waals surface area contributed by atoms with Crippen LogP contribution in [0.5, 0.6) is 0 Å². The molecule has 0 radical (unpaired) electrons. The number of rotatable bonds is 3. The molecule has 2 aromatic heterocycles. The van der Waals surface area contributed by atoms with Crippen molar-refractivity contribution in [3.8, 4) is 11.3 Å². The van der Waals surface area contributed by atoms with Crippen molar-refractivity contribution in [1.29, 1.82) is 0 Å². The van der Waals surface area contributed by atoms with E-state index in [1.165, 1.54) is 11.0 Å². The molecule has 3 aromatic rings. The first-order valence-electron chi connectivity index (χ1n) is 10.9. The fourth-order valence-electron chi connectivity index (χ4n) is 4.15. The minimum Gasteiger partial charge on any atom is -0.382 e. The van der Waals surface area contributed by atoms with Gasteiger partial charge in [0.25, 0.3) is 5.91 Å². The monoisotopic (exact) mass is 510 g/mol. The van der Waals surface area contributed by atoms with Crippen LogP contribution in [0.2, 0.25) is 0 Å². The molecule has 8 nitrogen and oxygen atoms in total. The molecule has 0 spiro atoms. The average Bonchev–Trinajstić information content (AvgIpc) is 3.34. The summed E-state index contributed by atoms with van der Waals surface area (Å²) in [7, 11) is 0. The first-order valence-corrected chi connectivity index (χ1v) is 10.9. The molecule has 1 saturated heterocycles. The van der Waals surface area contributed by atoms with Crippen LogP contribution in [0.15, 0.2) is 30.6 Å². The van der Waals surface area contributed by atoms with Gasteiger partial charge in [-0.05, 0) is 24.3 Å². The maximum absolute atomic E-state index is 14.6. The molecule has 0 unspecified atom stereocenters. The fourth-order valence-corrected chi connectivity index (χ4v) is 4.15. The van der Waals surface area contributed by atoms with E-state index in [1.807, 2.05) is 0 Å². The lowest BCUT2D eigenvalue weighted by Crippen LogP contribution is -2.43. The largest absolute Gasteiger partial charge is 0.418 e. The lowest BCUT2D eigenvalue weighted by Gasteiger charge is -2.25. The highest BCUT2D eigenvalue weighted by atomic mass is 19.4. The summed E-state index contributed by atoms with van der Waals surface area (Å²) in [6.45, 7) is 4.80.